The zero-order valence-electron chi connectivity index (χ0n) is 9.49. The third-order valence-corrected chi connectivity index (χ3v) is 3.22. The molecule has 0 bridgehead atoms. The summed E-state index contributed by atoms with van der Waals surface area (Å²) in [5.74, 6) is 0.956. The van der Waals surface area contributed by atoms with Gasteiger partial charge in [-0.3, -0.25) is 4.90 Å². The fourth-order valence-electron chi connectivity index (χ4n) is 1.83. The lowest BCUT2D eigenvalue weighted by Crippen LogP contribution is -2.25. The first-order valence-electron chi connectivity index (χ1n) is 5.45. The largest absolute Gasteiger partial charge is 0.492 e. The van der Waals surface area contributed by atoms with Gasteiger partial charge in [0.15, 0.2) is 0 Å². The van der Waals surface area contributed by atoms with Gasteiger partial charge in [0.05, 0.1) is 0 Å². The van der Waals surface area contributed by atoms with Crippen LogP contribution in [0.2, 0.25) is 0 Å². The SMILES string of the molecule is Brc1ccc(OCCN2CCCC2)cc1.[Mg]. The Kier molecular flexibility index (Phi) is 6.73. The van der Waals surface area contributed by atoms with E-state index >= 15 is 0 Å². The molecule has 1 aliphatic rings. The maximum absolute atomic E-state index is 5.66. The number of benzene rings is 1. The first-order chi connectivity index (χ1) is 7.34. The van der Waals surface area contributed by atoms with Gasteiger partial charge >= 0.3 is 0 Å². The molecule has 16 heavy (non-hydrogen) atoms. The Bertz CT molecular complexity index is 298. The number of halogens is 1. The molecular weight excluding hydrogens is 278 g/mol. The van der Waals surface area contributed by atoms with Crippen LogP contribution in [0.25, 0.3) is 0 Å². The summed E-state index contributed by atoms with van der Waals surface area (Å²) in [5, 5.41) is 0. The lowest BCUT2D eigenvalue weighted by Gasteiger charge is -2.14. The highest BCUT2D eigenvalue weighted by molar-refractivity contribution is 9.10. The van der Waals surface area contributed by atoms with Crippen LogP contribution in [0.3, 0.4) is 0 Å². The maximum Gasteiger partial charge on any atom is 0.119 e. The fraction of sp³-hybridized carbons (Fsp3) is 0.500. The van der Waals surface area contributed by atoms with Gasteiger partial charge in [0.25, 0.3) is 0 Å². The van der Waals surface area contributed by atoms with E-state index in [-0.39, 0.29) is 23.1 Å². The van der Waals surface area contributed by atoms with E-state index < -0.39 is 0 Å². The first-order valence-corrected chi connectivity index (χ1v) is 6.24. The second-order valence-corrected chi connectivity index (χ2v) is 4.77. The Hall–Kier alpha value is 0.226. The monoisotopic (exact) mass is 293 g/mol. The molecule has 1 aromatic rings. The maximum atomic E-state index is 5.66. The van der Waals surface area contributed by atoms with Crippen molar-refractivity contribution in [2.24, 2.45) is 0 Å². The van der Waals surface area contributed by atoms with E-state index in [1.54, 1.807) is 0 Å². The molecule has 0 atom stereocenters. The molecule has 4 heteroatoms. The van der Waals surface area contributed by atoms with E-state index in [2.05, 4.69) is 20.8 Å². The summed E-state index contributed by atoms with van der Waals surface area (Å²) in [5.41, 5.74) is 0. The molecule has 0 N–H and O–H groups in total. The summed E-state index contributed by atoms with van der Waals surface area (Å²) < 4.78 is 6.75. The van der Waals surface area contributed by atoms with Crippen molar-refractivity contribution in [2.45, 2.75) is 12.8 Å². The van der Waals surface area contributed by atoms with Gasteiger partial charge < -0.3 is 4.74 Å². The molecule has 1 heterocycles. The number of hydrogen-bond acceptors (Lipinski definition) is 2. The predicted octanol–water partition coefficient (Wildman–Crippen LogP) is 2.54. The summed E-state index contributed by atoms with van der Waals surface area (Å²) in [7, 11) is 0. The van der Waals surface area contributed by atoms with Crippen LogP contribution >= 0.6 is 15.9 Å². The van der Waals surface area contributed by atoms with E-state index in [0.717, 1.165) is 23.4 Å². The van der Waals surface area contributed by atoms with Gasteiger partial charge in [-0.05, 0) is 50.2 Å². The smallest absolute Gasteiger partial charge is 0.119 e. The molecule has 2 nitrogen and oxygen atoms in total. The van der Waals surface area contributed by atoms with Crippen LogP contribution in [-0.2, 0) is 0 Å². The van der Waals surface area contributed by atoms with Crippen molar-refractivity contribution in [1.29, 1.82) is 0 Å². The minimum absolute atomic E-state index is 0. The van der Waals surface area contributed by atoms with Crippen molar-refractivity contribution in [3.05, 3.63) is 28.7 Å². The topological polar surface area (TPSA) is 12.5 Å². The average Bonchev–Trinajstić information content (AvgIpc) is 2.74. The Balaban J connectivity index is 0.00000128. The first kappa shape index (κ1) is 14.3. The van der Waals surface area contributed by atoms with Crippen LogP contribution in [0.15, 0.2) is 28.7 Å². The molecule has 84 valence electrons. The normalized spacial score (nSPS) is 15.8. The van der Waals surface area contributed by atoms with Crippen LogP contribution < -0.4 is 4.74 Å². The molecule has 1 fully saturated rings. The van der Waals surface area contributed by atoms with Gasteiger partial charge in [-0.25, -0.2) is 0 Å². The number of likely N-dealkylation sites (tertiary alicyclic amines) is 1. The number of hydrogen-bond donors (Lipinski definition) is 0. The standard InChI is InChI=1S/C12H16BrNO.Mg/c13-11-3-5-12(6-4-11)15-10-9-14-7-1-2-8-14;/h3-6H,1-2,7-10H2;. The van der Waals surface area contributed by atoms with Gasteiger partial charge in [0.2, 0.25) is 0 Å². The van der Waals surface area contributed by atoms with Crippen LogP contribution in [0.1, 0.15) is 12.8 Å². The van der Waals surface area contributed by atoms with Crippen LogP contribution in [-0.4, -0.2) is 54.2 Å². The van der Waals surface area contributed by atoms with Crippen LogP contribution in [0.5, 0.6) is 5.75 Å². The summed E-state index contributed by atoms with van der Waals surface area (Å²) in [4.78, 5) is 2.46. The van der Waals surface area contributed by atoms with Crippen molar-refractivity contribution < 1.29 is 4.74 Å². The second kappa shape index (κ2) is 7.53. The molecule has 1 saturated heterocycles. The van der Waals surface area contributed by atoms with Crippen molar-refractivity contribution >= 4 is 39.0 Å². The van der Waals surface area contributed by atoms with Crippen LogP contribution in [0, 0.1) is 0 Å². The summed E-state index contributed by atoms with van der Waals surface area (Å²) in [6.45, 7) is 4.32. The summed E-state index contributed by atoms with van der Waals surface area (Å²) >= 11 is 3.40. The van der Waals surface area contributed by atoms with Gasteiger partial charge in [-0.2, -0.15) is 0 Å². The molecule has 2 rings (SSSR count). The summed E-state index contributed by atoms with van der Waals surface area (Å²) in [6, 6.07) is 8.00. The van der Waals surface area contributed by atoms with E-state index in [1.807, 2.05) is 24.3 Å². The van der Waals surface area contributed by atoms with E-state index in [9.17, 15) is 0 Å². The Morgan fingerprint density at radius 1 is 1.12 bits per heavy atom. The zero-order chi connectivity index (χ0) is 10.5. The van der Waals surface area contributed by atoms with Crippen molar-refractivity contribution in [3.8, 4) is 5.75 Å². The number of nitrogens with zero attached hydrogens (tertiary/aromatic N) is 1. The lowest BCUT2D eigenvalue weighted by molar-refractivity contribution is 0.238. The highest BCUT2D eigenvalue weighted by Crippen LogP contribution is 2.16. The van der Waals surface area contributed by atoms with E-state index in [0.29, 0.717) is 0 Å². The Labute approximate surface area is 122 Å². The Morgan fingerprint density at radius 3 is 2.38 bits per heavy atom. The van der Waals surface area contributed by atoms with Crippen molar-refractivity contribution in [3.63, 3.8) is 0 Å². The molecule has 0 saturated carbocycles. The minimum atomic E-state index is 0. The highest BCUT2D eigenvalue weighted by Gasteiger charge is 2.10. The van der Waals surface area contributed by atoms with Crippen molar-refractivity contribution in [2.75, 3.05) is 26.2 Å². The number of ether oxygens (including phenoxy) is 1. The van der Waals surface area contributed by atoms with Crippen molar-refractivity contribution in [1.82, 2.24) is 4.90 Å². The molecule has 2 radical (unpaired) electrons. The molecule has 1 aliphatic heterocycles. The third kappa shape index (κ3) is 4.61. The molecule has 1 aromatic carbocycles. The van der Waals surface area contributed by atoms with Gasteiger partial charge in [-0.1, -0.05) is 15.9 Å². The second-order valence-electron chi connectivity index (χ2n) is 3.85. The summed E-state index contributed by atoms with van der Waals surface area (Å²) in [6.07, 6.45) is 2.69. The molecule has 0 aromatic heterocycles. The quantitative estimate of drug-likeness (QED) is 0.791. The van der Waals surface area contributed by atoms with E-state index in [4.69, 9.17) is 4.74 Å². The van der Waals surface area contributed by atoms with E-state index in [1.165, 1.54) is 25.9 Å². The lowest BCUT2D eigenvalue weighted by atomic mass is 10.3. The Morgan fingerprint density at radius 2 is 1.75 bits per heavy atom. The molecule has 0 aliphatic carbocycles. The highest BCUT2D eigenvalue weighted by atomic mass is 79.9. The van der Waals surface area contributed by atoms with Gasteiger partial charge in [0, 0.05) is 34.1 Å². The molecule has 0 spiro atoms. The zero-order valence-corrected chi connectivity index (χ0v) is 12.5. The molecule has 0 amide bonds. The van der Waals surface area contributed by atoms with Gasteiger partial charge in [-0.15, -0.1) is 0 Å². The number of rotatable bonds is 4. The molecular formula is C12H16BrMgNO. The van der Waals surface area contributed by atoms with Crippen LogP contribution in [0.4, 0.5) is 0 Å². The predicted molar refractivity (Wildman–Crippen MR) is 71.1 cm³/mol. The average molecular weight is 294 g/mol. The fourth-order valence-corrected chi connectivity index (χ4v) is 2.09. The minimum Gasteiger partial charge on any atom is -0.492 e. The van der Waals surface area contributed by atoms with Gasteiger partial charge in [0.1, 0.15) is 12.4 Å². The third-order valence-electron chi connectivity index (χ3n) is 2.69. The molecule has 0 unspecified atom stereocenters.